The molecule has 0 spiro atoms. The molecule has 2 aromatic heterocycles. The van der Waals surface area contributed by atoms with Gasteiger partial charge in [-0.3, -0.25) is 10.00 Å². The summed E-state index contributed by atoms with van der Waals surface area (Å²) in [6.45, 7) is 6.97. The summed E-state index contributed by atoms with van der Waals surface area (Å²) in [5.41, 5.74) is 0. The predicted molar refractivity (Wildman–Crippen MR) is 71.5 cm³/mol. The van der Waals surface area contributed by atoms with E-state index in [4.69, 9.17) is 0 Å². The van der Waals surface area contributed by atoms with E-state index in [9.17, 15) is 0 Å². The molecule has 1 atom stereocenters. The molecule has 0 aromatic carbocycles. The fourth-order valence-electron chi connectivity index (χ4n) is 2.78. The maximum Gasteiger partial charge on any atom is 0.164 e. The van der Waals surface area contributed by atoms with Crippen LogP contribution in [0.25, 0.3) is 0 Å². The molecule has 1 aliphatic rings. The highest BCUT2D eigenvalue weighted by Gasteiger charge is 2.26. The van der Waals surface area contributed by atoms with Crippen LogP contribution >= 0.6 is 0 Å². The number of H-pyrrole nitrogens is 1. The first kappa shape index (κ1) is 12.3. The molecular weight excluding hydrogens is 240 g/mol. The van der Waals surface area contributed by atoms with E-state index in [2.05, 4.69) is 42.8 Å². The Morgan fingerprint density at radius 1 is 1.42 bits per heavy atom. The number of hydrogen-bond acceptors (Lipinski definition) is 4. The number of aryl methyl sites for hydroxylation is 2. The molecule has 1 aliphatic heterocycles. The van der Waals surface area contributed by atoms with Crippen molar-refractivity contribution < 1.29 is 0 Å². The smallest absolute Gasteiger partial charge is 0.164 e. The van der Waals surface area contributed by atoms with Gasteiger partial charge in [0.25, 0.3) is 0 Å². The van der Waals surface area contributed by atoms with Crippen LogP contribution in [0.15, 0.2) is 12.4 Å². The summed E-state index contributed by atoms with van der Waals surface area (Å²) in [6.07, 6.45) is 6.42. The van der Waals surface area contributed by atoms with Gasteiger partial charge in [-0.15, -0.1) is 0 Å². The van der Waals surface area contributed by atoms with Crippen molar-refractivity contribution in [3.8, 4) is 0 Å². The lowest BCUT2D eigenvalue weighted by molar-refractivity contribution is 0.218. The lowest BCUT2D eigenvalue weighted by Crippen LogP contribution is -2.33. The SMILES string of the molecule is Cc1nc(CN2CCCC2Cn2ccnc2C)n[nH]1. The van der Waals surface area contributed by atoms with Crippen LogP contribution in [-0.4, -0.2) is 42.2 Å². The number of imidazole rings is 1. The number of likely N-dealkylation sites (tertiary alicyclic amines) is 1. The van der Waals surface area contributed by atoms with Crippen LogP contribution in [0.4, 0.5) is 0 Å². The van der Waals surface area contributed by atoms with Crippen LogP contribution in [0.5, 0.6) is 0 Å². The minimum absolute atomic E-state index is 0.562. The van der Waals surface area contributed by atoms with Gasteiger partial charge in [-0.25, -0.2) is 9.97 Å². The van der Waals surface area contributed by atoms with E-state index >= 15 is 0 Å². The molecule has 0 amide bonds. The number of aromatic nitrogens is 5. The third kappa shape index (κ3) is 2.68. The standard InChI is InChI=1S/C13H20N6/c1-10-15-13(17-16-10)9-19-6-3-4-12(19)8-18-7-5-14-11(18)2/h5,7,12H,3-4,6,8-9H2,1-2H3,(H,15,16,17). The minimum Gasteiger partial charge on any atom is -0.334 e. The largest absolute Gasteiger partial charge is 0.334 e. The lowest BCUT2D eigenvalue weighted by Gasteiger charge is -2.23. The first-order valence-electron chi connectivity index (χ1n) is 6.82. The molecule has 3 heterocycles. The summed E-state index contributed by atoms with van der Waals surface area (Å²) in [5, 5.41) is 7.14. The van der Waals surface area contributed by atoms with Crippen molar-refractivity contribution in [2.45, 2.75) is 45.8 Å². The molecule has 6 nitrogen and oxygen atoms in total. The van der Waals surface area contributed by atoms with Gasteiger partial charge in [0, 0.05) is 25.0 Å². The van der Waals surface area contributed by atoms with Crippen LogP contribution < -0.4 is 0 Å². The van der Waals surface area contributed by atoms with Crippen LogP contribution in [0.3, 0.4) is 0 Å². The van der Waals surface area contributed by atoms with Crippen molar-refractivity contribution in [3.63, 3.8) is 0 Å². The van der Waals surface area contributed by atoms with E-state index in [0.29, 0.717) is 6.04 Å². The van der Waals surface area contributed by atoms with Crippen molar-refractivity contribution in [3.05, 3.63) is 29.9 Å². The summed E-state index contributed by atoms with van der Waals surface area (Å²) in [4.78, 5) is 11.2. The van der Waals surface area contributed by atoms with Gasteiger partial charge in [0.05, 0.1) is 6.54 Å². The summed E-state index contributed by atoms with van der Waals surface area (Å²) >= 11 is 0. The van der Waals surface area contributed by atoms with E-state index in [-0.39, 0.29) is 0 Å². The Labute approximate surface area is 112 Å². The van der Waals surface area contributed by atoms with E-state index < -0.39 is 0 Å². The third-order valence-corrected chi connectivity index (χ3v) is 3.82. The summed E-state index contributed by atoms with van der Waals surface area (Å²) < 4.78 is 2.23. The number of aromatic amines is 1. The maximum atomic E-state index is 4.40. The maximum absolute atomic E-state index is 4.40. The van der Waals surface area contributed by atoms with Crippen LogP contribution in [-0.2, 0) is 13.1 Å². The average Bonchev–Trinajstić information content (AvgIpc) is 3.07. The number of rotatable bonds is 4. The molecule has 1 fully saturated rings. The zero-order valence-electron chi connectivity index (χ0n) is 11.5. The van der Waals surface area contributed by atoms with Gasteiger partial charge in [0.2, 0.25) is 0 Å². The molecule has 6 heteroatoms. The van der Waals surface area contributed by atoms with Crippen molar-refractivity contribution in [2.75, 3.05) is 6.54 Å². The first-order valence-corrected chi connectivity index (χ1v) is 6.82. The van der Waals surface area contributed by atoms with Gasteiger partial charge < -0.3 is 4.57 Å². The molecule has 3 rings (SSSR count). The summed E-state index contributed by atoms with van der Waals surface area (Å²) in [7, 11) is 0. The molecule has 19 heavy (non-hydrogen) atoms. The predicted octanol–water partition coefficient (Wildman–Crippen LogP) is 1.28. The van der Waals surface area contributed by atoms with E-state index in [1.807, 2.05) is 13.1 Å². The fraction of sp³-hybridized carbons (Fsp3) is 0.615. The zero-order chi connectivity index (χ0) is 13.2. The monoisotopic (exact) mass is 260 g/mol. The van der Waals surface area contributed by atoms with Crippen LogP contribution in [0, 0.1) is 13.8 Å². The van der Waals surface area contributed by atoms with Crippen molar-refractivity contribution >= 4 is 0 Å². The normalized spacial score (nSPS) is 20.2. The van der Waals surface area contributed by atoms with Gasteiger partial charge in [0.15, 0.2) is 5.82 Å². The molecule has 2 aromatic rings. The van der Waals surface area contributed by atoms with Crippen molar-refractivity contribution in [2.24, 2.45) is 0 Å². The van der Waals surface area contributed by atoms with Crippen molar-refractivity contribution in [1.29, 1.82) is 0 Å². The highest BCUT2D eigenvalue weighted by atomic mass is 15.3. The fourth-order valence-corrected chi connectivity index (χ4v) is 2.78. The Bertz CT molecular complexity index is 543. The molecule has 0 saturated carbocycles. The molecule has 1 unspecified atom stereocenters. The highest BCUT2D eigenvalue weighted by Crippen LogP contribution is 2.20. The van der Waals surface area contributed by atoms with E-state index in [1.54, 1.807) is 0 Å². The van der Waals surface area contributed by atoms with Gasteiger partial charge in [-0.05, 0) is 33.2 Å². The molecule has 0 bridgehead atoms. The lowest BCUT2D eigenvalue weighted by atomic mass is 10.2. The highest BCUT2D eigenvalue weighted by molar-refractivity contribution is 4.94. The quantitative estimate of drug-likeness (QED) is 0.899. The molecule has 1 saturated heterocycles. The Kier molecular flexibility index (Phi) is 3.33. The summed E-state index contributed by atoms with van der Waals surface area (Å²) in [6, 6.07) is 0.562. The van der Waals surface area contributed by atoms with E-state index in [0.717, 1.165) is 37.1 Å². The minimum atomic E-state index is 0.562. The first-order chi connectivity index (χ1) is 9.22. The topological polar surface area (TPSA) is 62.6 Å². The second-order valence-corrected chi connectivity index (χ2v) is 5.23. The average molecular weight is 260 g/mol. The summed E-state index contributed by atoms with van der Waals surface area (Å²) in [5.74, 6) is 2.86. The Morgan fingerprint density at radius 2 is 2.32 bits per heavy atom. The molecule has 0 aliphatic carbocycles. The van der Waals surface area contributed by atoms with Crippen molar-refractivity contribution in [1.82, 2.24) is 29.6 Å². The van der Waals surface area contributed by atoms with Gasteiger partial charge in [0.1, 0.15) is 11.6 Å². The van der Waals surface area contributed by atoms with Gasteiger partial charge >= 0.3 is 0 Å². The molecular formula is C13H20N6. The van der Waals surface area contributed by atoms with Crippen LogP contribution in [0.1, 0.15) is 30.3 Å². The number of hydrogen-bond donors (Lipinski definition) is 1. The second-order valence-electron chi connectivity index (χ2n) is 5.23. The Morgan fingerprint density at radius 3 is 3.00 bits per heavy atom. The molecule has 1 N–H and O–H groups in total. The number of nitrogens with one attached hydrogen (secondary N) is 1. The second kappa shape index (κ2) is 5.13. The third-order valence-electron chi connectivity index (χ3n) is 3.82. The Hall–Kier alpha value is -1.69. The van der Waals surface area contributed by atoms with E-state index in [1.165, 1.54) is 12.8 Å². The zero-order valence-corrected chi connectivity index (χ0v) is 11.5. The molecule has 102 valence electrons. The van der Waals surface area contributed by atoms with Crippen LogP contribution in [0.2, 0.25) is 0 Å². The Balaban J connectivity index is 1.66. The van der Waals surface area contributed by atoms with Gasteiger partial charge in [-0.2, -0.15) is 5.10 Å². The molecule has 0 radical (unpaired) electrons. The van der Waals surface area contributed by atoms with Gasteiger partial charge in [-0.1, -0.05) is 0 Å². The number of nitrogens with zero attached hydrogens (tertiary/aromatic N) is 5.